The summed E-state index contributed by atoms with van der Waals surface area (Å²) in [5.74, 6) is 0.0340. The van der Waals surface area contributed by atoms with Crippen LogP contribution in [-0.4, -0.2) is 59.9 Å². The molecule has 0 aromatic carbocycles. The molecule has 2 aliphatic heterocycles. The van der Waals surface area contributed by atoms with Gasteiger partial charge in [-0.3, -0.25) is 9.59 Å². The minimum atomic E-state index is -0.767. The van der Waals surface area contributed by atoms with Crippen LogP contribution in [0.2, 0.25) is 0 Å². The van der Waals surface area contributed by atoms with Gasteiger partial charge in [-0.1, -0.05) is 0 Å². The van der Waals surface area contributed by atoms with E-state index in [0.717, 1.165) is 25.9 Å². The lowest BCUT2D eigenvalue weighted by Crippen LogP contribution is -2.56. The number of rotatable bonds is 1. The fraction of sp³-hybridized carbons (Fsp3) is 0.846. The Bertz CT molecular complexity index is 346. The van der Waals surface area contributed by atoms with Gasteiger partial charge in [0.05, 0.1) is 0 Å². The van der Waals surface area contributed by atoms with Crippen LogP contribution in [-0.2, 0) is 9.59 Å². The highest BCUT2D eigenvalue weighted by Gasteiger charge is 2.39. The highest BCUT2D eigenvalue weighted by molar-refractivity contribution is 5.93. The van der Waals surface area contributed by atoms with Crippen LogP contribution >= 0.6 is 0 Å². The number of carbonyl (C=O) groups excluding carboxylic acids is 2. The molecule has 2 amide bonds. The van der Waals surface area contributed by atoms with E-state index < -0.39 is 5.54 Å². The van der Waals surface area contributed by atoms with E-state index in [4.69, 9.17) is 0 Å². The second-order valence-corrected chi connectivity index (χ2v) is 5.96. The van der Waals surface area contributed by atoms with E-state index in [1.54, 1.807) is 13.8 Å². The average Bonchev–Trinajstić information content (AvgIpc) is 2.39. The monoisotopic (exact) mass is 253 g/mol. The van der Waals surface area contributed by atoms with Crippen molar-refractivity contribution in [2.75, 3.05) is 26.7 Å². The van der Waals surface area contributed by atoms with E-state index in [1.807, 2.05) is 4.90 Å². The standard InChI is InChI=1S/C13H23N3O2/c1-13(2)12(18)16(9-6-11(17)14-13)10-4-7-15(3)8-5-10/h10H,4-9H2,1-3H3,(H,14,17). The van der Waals surface area contributed by atoms with Gasteiger partial charge in [-0.05, 0) is 46.8 Å². The Balaban J connectivity index is 2.11. The zero-order chi connectivity index (χ0) is 13.3. The van der Waals surface area contributed by atoms with Crippen LogP contribution < -0.4 is 5.32 Å². The van der Waals surface area contributed by atoms with Gasteiger partial charge in [0.1, 0.15) is 5.54 Å². The zero-order valence-electron chi connectivity index (χ0n) is 11.5. The summed E-state index contributed by atoms with van der Waals surface area (Å²) >= 11 is 0. The van der Waals surface area contributed by atoms with E-state index in [-0.39, 0.29) is 11.8 Å². The predicted octanol–water partition coefficient (Wildman–Crippen LogP) is 0.208. The van der Waals surface area contributed by atoms with Crippen LogP contribution in [0.1, 0.15) is 33.1 Å². The lowest BCUT2D eigenvalue weighted by molar-refractivity contribution is -0.140. The first kappa shape index (κ1) is 13.3. The van der Waals surface area contributed by atoms with Gasteiger partial charge >= 0.3 is 0 Å². The summed E-state index contributed by atoms with van der Waals surface area (Å²) in [6.45, 7) is 6.19. The molecule has 1 N–H and O–H groups in total. The second-order valence-electron chi connectivity index (χ2n) is 5.96. The summed E-state index contributed by atoms with van der Waals surface area (Å²) in [4.78, 5) is 28.3. The topological polar surface area (TPSA) is 52.6 Å². The maximum absolute atomic E-state index is 12.5. The van der Waals surface area contributed by atoms with Crippen molar-refractivity contribution in [2.45, 2.75) is 44.7 Å². The molecule has 2 rings (SSSR count). The van der Waals surface area contributed by atoms with E-state index >= 15 is 0 Å². The third-order valence-corrected chi connectivity index (χ3v) is 3.96. The number of nitrogens with one attached hydrogen (secondary N) is 1. The highest BCUT2D eigenvalue weighted by Crippen LogP contribution is 2.21. The first-order valence-corrected chi connectivity index (χ1v) is 6.71. The molecule has 2 heterocycles. The maximum atomic E-state index is 12.5. The molecule has 0 saturated carbocycles. The Morgan fingerprint density at radius 3 is 2.39 bits per heavy atom. The van der Waals surface area contributed by atoms with Crippen molar-refractivity contribution >= 4 is 11.8 Å². The molecule has 5 nitrogen and oxygen atoms in total. The summed E-state index contributed by atoms with van der Waals surface area (Å²) in [6.07, 6.45) is 2.43. The van der Waals surface area contributed by atoms with E-state index in [9.17, 15) is 9.59 Å². The van der Waals surface area contributed by atoms with E-state index in [2.05, 4.69) is 17.3 Å². The van der Waals surface area contributed by atoms with Crippen LogP contribution in [0, 0.1) is 0 Å². The average molecular weight is 253 g/mol. The summed E-state index contributed by atoms with van der Waals surface area (Å²) in [7, 11) is 2.11. The maximum Gasteiger partial charge on any atom is 0.248 e. The molecule has 0 radical (unpaired) electrons. The molecule has 0 unspecified atom stereocenters. The number of nitrogens with zero attached hydrogens (tertiary/aromatic N) is 2. The number of likely N-dealkylation sites (tertiary alicyclic amines) is 1. The van der Waals surface area contributed by atoms with E-state index in [1.165, 1.54) is 0 Å². The van der Waals surface area contributed by atoms with Gasteiger partial charge in [0.25, 0.3) is 0 Å². The number of carbonyl (C=O) groups is 2. The zero-order valence-corrected chi connectivity index (χ0v) is 11.5. The van der Waals surface area contributed by atoms with Crippen molar-refractivity contribution in [1.82, 2.24) is 15.1 Å². The van der Waals surface area contributed by atoms with Crippen molar-refractivity contribution in [3.63, 3.8) is 0 Å². The fourth-order valence-electron chi connectivity index (χ4n) is 2.80. The van der Waals surface area contributed by atoms with Gasteiger partial charge in [-0.2, -0.15) is 0 Å². The fourth-order valence-corrected chi connectivity index (χ4v) is 2.80. The minimum absolute atomic E-state index is 0.0243. The van der Waals surface area contributed by atoms with E-state index in [0.29, 0.717) is 19.0 Å². The van der Waals surface area contributed by atoms with Crippen molar-refractivity contribution in [2.24, 2.45) is 0 Å². The lowest BCUT2D eigenvalue weighted by atomic mass is 9.99. The van der Waals surface area contributed by atoms with Crippen LogP contribution in [0.25, 0.3) is 0 Å². The lowest BCUT2D eigenvalue weighted by Gasteiger charge is -2.39. The smallest absolute Gasteiger partial charge is 0.248 e. The Morgan fingerprint density at radius 2 is 1.78 bits per heavy atom. The summed E-state index contributed by atoms with van der Waals surface area (Å²) in [6, 6.07) is 0.292. The largest absolute Gasteiger partial charge is 0.342 e. The summed E-state index contributed by atoms with van der Waals surface area (Å²) in [5, 5.41) is 2.81. The Kier molecular flexibility index (Phi) is 3.61. The molecule has 0 aromatic heterocycles. The van der Waals surface area contributed by atoms with Crippen molar-refractivity contribution < 1.29 is 9.59 Å². The molecular formula is C13H23N3O2. The quantitative estimate of drug-likeness (QED) is 0.727. The summed E-state index contributed by atoms with van der Waals surface area (Å²) in [5.41, 5.74) is -0.767. The third-order valence-electron chi connectivity index (χ3n) is 3.96. The van der Waals surface area contributed by atoms with Crippen molar-refractivity contribution in [1.29, 1.82) is 0 Å². The molecular weight excluding hydrogens is 230 g/mol. The molecule has 0 aliphatic carbocycles. The molecule has 2 aliphatic rings. The Hall–Kier alpha value is -1.10. The molecule has 5 heteroatoms. The molecule has 102 valence electrons. The minimum Gasteiger partial charge on any atom is -0.342 e. The van der Waals surface area contributed by atoms with Gasteiger partial charge in [-0.15, -0.1) is 0 Å². The highest BCUT2D eigenvalue weighted by atomic mass is 16.2. The van der Waals surface area contributed by atoms with Crippen molar-refractivity contribution in [3.8, 4) is 0 Å². The number of hydrogen-bond donors (Lipinski definition) is 1. The Labute approximate surface area is 108 Å². The number of hydrogen-bond acceptors (Lipinski definition) is 3. The van der Waals surface area contributed by atoms with Crippen LogP contribution in [0.4, 0.5) is 0 Å². The number of amides is 2. The van der Waals surface area contributed by atoms with Gasteiger partial charge in [0.15, 0.2) is 0 Å². The number of piperidine rings is 1. The second kappa shape index (κ2) is 4.88. The molecule has 2 saturated heterocycles. The SMILES string of the molecule is CN1CCC(N2CCC(=O)NC(C)(C)C2=O)CC1. The van der Waals surface area contributed by atoms with Gasteiger partial charge in [-0.25, -0.2) is 0 Å². The van der Waals surface area contributed by atoms with Crippen LogP contribution in [0.3, 0.4) is 0 Å². The van der Waals surface area contributed by atoms with Crippen LogP contribution in [0.15, 0.2) is 0 Å². The molecule has 0 spiro atoms. The normalized spacial score (nSPS) is 26.9. The third kappa shape index (κ3) is 2.66. The molecule has 18 heavy (non-hydrogen) atoms. The molecule has 2 fully saturated rings. The molecule has 0 aromatic rings. The predicted molar refractivity (Wildman–Crippen MR) is 69.1 cm³/mol. The Morgan fingerprint density at radius 1 is 1.17 bits per heavy atom. The molecule has 0 atom stereocenters. The van der Waals surface area contributed by atoms with Crippen LogP contribution in [0.5, 0.6) is 0 Å². The first-order chi connectivity index (χ1) is 8.40. The molecule has 0 bridgehead atoms. The van der Waals surface area contributed by atoms with Gasteiger partial charge in [0.2, 0.25) is 11.8 Å². The summed E-state index contributed by atoms with van der Waals surface area (Å²) < 4.78 is 0. The first-order valence-electron chi connectivity index (χ1n) is 6.71. The van der Waals surface area contributed by atoms with Gasteiger partial charge in [0, 0.05) is 19.0 Å². The van der Waals surface area contributed by atoms with Gasteiger partial charge < -0.3 is 15.1 Å². The van der Waals surface area contributed by atoms with Crippen molar-refractivity contribution in [3.05, 3.63) is 0 Å².